The fraction of sp³-hybridized carbons (Fsp3) is 0.100. The SMILES string of the molecule is Nc1cc(-c2c(F)cc(OC(F)F)cc2F)[nH]n1. The van der Waals surface area contributed by atoms with Crippen LogP contribution in [-0.2, 0) is 0 Å². The van der Waals surface area contributed by atoms with Gasteiger partial charge >= 0.3 is 6.61 Å². The highest BCUT2D eigenvalue weighted by Crippen LogP contribution is 2.29. The van der Waals surface area contributed by atoms with Gasteiger partial charge in [-0.05, 0) is 0 Å². The number of H-pyrrole nitrogens is 1. The summed E-state index contributed by atoms with van der Waals surface area (Å²) in [4.78, 5) is 0. The number of aromatic amines is 1. The van der Waals surface area contributed by atoms with E-state index in [1.165, 1.54) is 6.07 Å². The second-order valence-corrected chi connectivity index (χ2v) is 3.35. The van der Waals surface area contributed by atoms with Crippen LogP contribution >= 0.6 is 0 Å². The van der Waals surface area contributed by atoms with E-state index in [1.807, 2.05) is 0 Å². The molecule has 0 atom stereocenters. The van der Waals surface area contributed by atoms with E-state index in [0.29, 0.717) is 12.1 Å². The quantitative estimate of drug-likeness (QED) is 0.834. The average Bonchev–Trinajstić information content (AvgIpc) is 2.62. The van der Waals surface area contributed by atoms with Gasteiger partial charge in [-0.15, -0.1) is 0 Å². The molecule has 0 saturated heterocycles. The summed E-state index contributed by atoms with van der Waals surface area (Å²) in [7, 11) is 0. The third kappa shape index (κ3) is 2.36. The molecule has 0 radical (unpaired) electrons. The number of nitrogens with one attached hydrogen (secondary N) is 1. The Morgan fingerprint density at radius 2 is 1.78 bits per heavy atom. The van der Waals surface area contributed by atoms with E-state index in [1.54, 1.807) is 0 Å². The second-order valence-electron chi connectivity index (χ2n) is 3.35. The van der Waals surface area contributed by atoms with Gasteiger partial charge < -0.3 is 10.5 Å². The lowest BCUT2D eigenvalue weighted by Crippen LogP contribution is -2.03. The zero-order valence-corrected chi connectivity index (χ0v) is 8.75. The van der Waals surface area contributed by atoms with Crippen LogP contribution in [0.4, 0.5) is 23.4 Å². The van der Waals surface area contributed by atoms with Gasteiger partial charge in [0.05, 0.1) is 11.3 Å². The lowest BCUT2D eigenvalue weighted by Gasteiger charge is -2.07. The van der Waals surface area contributed by atoms with Crippen LogP contribution in [0.5, 0.6) is 5.75 Å². The molecule has 1 aromatic carbocycles. The van der Waals surface area contributed by atoms with Gasteiger partial charge in [-0.2, -0.15) is 13.9 Å². The van der Waals surface area contributed by atoms with Crippen molar-refractivity contribution in [2.75, 3.05) is 5.73 Å². The highest BCUT2D eigenvalue weighted by Gasteiger charge is 2.17. The lowest BCUT2D eigenvalue weighted by atomic mass is 10.1. The molecule has 3 N–H and O–H groups in total. The van der Waals surface area contributed by atoms with Gasteiger partial charge in [0.1, 0.15) is 23.2 Å². The van der Waals surface area contributed by atoms with Crippen LogP contribution in [0.1, 0.15) is 0 Å². The molecule has 2 rings (SSSR count). The van der Waals surface area contributed by atoms with Crippen molar-refractivity contribution in [2.45, 2.75) is 6.61 Å². The van der Waals surface area contributed by atoms with Crippen LogP contribution in [0.15, 0.2) is 18.2 Å². The Kier molecular flexibility index (Phi) is 3.09. The molecule has 1 aromatic heterocycles. The molecule has 0 fully saturated rings. The van der Waals surface area contributed by atoms with Crippen molar-refractivity contribution < 1.29 is 22.3 Å². The van der Waals surface area contributed by atoms with E-state index < -0.39 is 29.6 Å². The highest BCUT2D eigenvalue weighted by molar-refractivity contribution is 5.64. The number of hydrogen-bond acceptors (Lipinski definition) is 3. The first-order valence-electron chi connectivity index (χ1n) is 4.72. The van der Waals surface area contributed by atoms with Crippen LogP contribution in [0.25, 0.3) is 11.3 Å². The summed E-state index contributed by atoms with van der Waals surface area (Å²) in [6.07, 6.45) is 0. The first-order valence-corrected chi connectivity index (χ1v) is 4.72. The normalized spacial score (nSPS) is 10.9. The van der Waals surface area contributed by atoms with Crippen LogP contribution in [0.3, 0.4) is 0 Å². The number of halogens is 4. The summed E-state index contributed by atoms with van der Waals surface area (Å²) in [5, 5.41) is 5.83. The molecule has 0 spiro atoms. The highest BCUT2D eigenvalue weighted by atomic mass is 19.3. The van der Waals surface area contributed by atoms with Gasteiger partial charge in [0, 0.05) is 18.2 Å². The maximum Gasteiger partial charge on any atom is 0.387 e. The zero-order valence-electron chi connectivity index (χ0n) is 8.75. The molecular formula is C10H7F4N3O. The van der Waals surface area contributed by atoms with Crippen molar-refractivity contribution in [3.05, 3.63) is 29.8 Å². The summed E-state index contributed by atoms with van der Waals surface area (Å²) in [5.41, 5.74) is 4.86. The van der Waals surface area contributed by atoms with Crippen molar-refractivity contribution in [1.82, 2.24) is 10.2 Å². The Balaban J connectivity index is 2.44. The maximum atomic E-state index is 13.6. The van der Waals surface area contributed by atoms with Crippen LogP contribution in [0.2, 0.25) is 0 Å². The Bertz CT molecular complexity index is 547. The number of anilines is 1. The Labute approximate surface area is 98.4 Å². The molecule has 0 aliphatic heterocycles. The number of rotatable bonds is 3. The lowest BCUT2D eigenvalue weighted by molar-refractivity contribution is -0.0501. The molecule has 4 nitrogen and oxygen atoms in total. The van der Waals surface area contributed by atoms with E-state index in [9.17, 15) is 17.6 Å². The van der Waals surface area contributed by atoms with Gasteiger partial charge in [0.15, 0.2) is 0 Å². The van der Waals surface area contributed by atoms with Gasteiger partial charge in [0.25, 0.3) is 0 Å². The van der Waals surface area contributed by atoms with E-state index in [4.69, 9.17) is 5.73 Å². The molecular weight excluding hydrogens is 254 g/mol. The van der Waals surface area contributed by atoms with E-state index in [-0.39, 0.29) is 11.5 Å². The fourth-order valence-corrected chi connectivity index (χ4v) is 1.44. The number of ether oxygens (including phenoxy) is 1. The molecule has 0 saturated carbocycles. The van der Waals surface area contributed by atoms with Crippen molar-refractivity contribution in [3.63, 3.8) is 0 Å². The van der Waals surface area contributed by atoms with Crippen LogP contribution in [0, 0.1) is 11.6 Å². The number of benzene rings is 1. The number of nitrogen functional groups attached to an aromatic ring is 1. The summed E-state index contributed by atoms with van der Waals surface area (Å²) in [5.74, 6) is -2.67. The molecule has 1 heterocycles. The van der Waals surface area contributed by atoms with Crippen LogP contribution in [-0.4, -0.2) is 16.8 Å². The Morgan fingerprint density at radius 1 is 1.17 bits per heavy atom. The molecule has 2 aromatic rings. The zero-order chi connectivity index (χ0) is 13.3. The summed E-state index contributed by atoms with van der Waals surface area (Å²) < 4.78 is 54.9. The molecule has 18 heavy (non-hydrogen) atoms. The fourth-order valence-electron chi connectivity index (χ4n) is 1.44. The average molecular weight is 261 g/mol. The third-order valence-corrected chi connectivity index (χ3v) is 2.11. The van der Waals surface area contributed by atoms with E-state index >= 15 is 0 Å². The molecule has 8 heteroatoms. The molecule has 96 valence electrons. The van der Waals surface area contributed by atoms with Gasteiger partial charge in [-0.25, -0.2) is 8.78 Å². The molecule has 0 aliphatic rings. The summed E-state index contributed by atoms with van der Waals surface area (Å²) >= 11 is 0. The predicted octanol–water partition coefficient (Wildman–Crippen LogP) is 2.54. The number of alkyl halides is 2. The smallest absolute Gasteiger partial charge is 0.387 e. The first-order chi connectivity index (χ1) is 8.47. The summed E-state index contributed by atoms with van der Waals surface area (Å²) in [6.45, 7) is -3.16. The number of hydrogen-bond donors (Lipinski definition) is 2. The standard InChI is InChI=1S/C10H7F4N3O/c11-5-1-4(18-10(13)14)2-6(12)9(5)7-3-8(15)17-16-7/h1-3,10H,(H3,15,16,17). The maximum absolute atomic E-state index is 13.6. The van der Waals surface area contributed by atoms with Crippen LogP contribution < -0.4 is 10.5 Å². The third-order valence-electron chi connectivity index (χ3n) is 2.11. The minimum Gasteiger partial charge on any atom is -0.435 e. The minimum atomic E-state index is -3.16. The monoisotopic (exact) mass is 261 g/mol. The number of aromatic nitrogens is 2. The Hall–Kier alpha value is -2.25. The summed E-state index contributed by atoms with van der Waals surface area (Å²) in [6, 6.07) is 2.53. The number of nitrogens with two attached hydrogens (primary N) is 1. The Morgan fingerprint density at radius 3 is 2.22 bits per heavy atom. The van der Waals surface area contributed by atoms with Gasteiger partial charge in [-0.3, -0.25) is 5.10 Å². The topological polar surface area (TPSA) is 63.9 Å². The molecule has 0 bridgehead atoms. The van der Waals surface area contributed by atoms with Crippen molar-refractivity contribution in [3.8, 4) is 17.0 Å². The molecule has 0 unspecified atom stereocenters. The molecule has 0 aliphatic carbocycles. The van der Waals surface area contributed by atoms with Gasteiger partial charge in [0.2, 0.25) is 0 Å². The van der Waals surface area contributed by atoms with E-state index in [0.717, 1.165) is 0 Å². The van der Waals surface area contributed by atoms with E-state index in [2.05, 4.69) is 14.9 Å². The minimum absolute atomic E-state index is 0.00565. The van der Waals surface area contributed by atoms with Crippen molar-refractivity contribution >= 4 is 5.82 Å². The molecule has 0 amide bonds. The second kappa shape index (κ2) is 4.55. The number of nitrogens with zero attached hydrogens (tertiary/aromatic N) is 1. The van der Waals surface area contributed by atoms with Crippen molar-refractivity contribution in [1.29, 1.82) is 0 Å². The van der Waals surface area contributed by atoms with Gasteiger partial charge in [-0.1, -0.05) is 0 Å². The predicted molar refractivity (Wildman–Crippen MR) is 55.0 cm³/mol. The largest absolute Gasteiger partial charge is 0.435 e. The van der Waals surface area contributed by atoms with Crippen molar-refractivity contribution in [2.24, 2.45) is 0 Å². The first kappa shape index (κ1) is 12.2.